The zero-order valence-corrected chi connectivity index (χ0v) is 17.6. The monoisotopic (exact) mass is 507 g/mol. The number of nitrogens with zero attached hydrogens (tertiary/aromatic N) is 3. The van der Waals surface area contributed by atoms with Gasteiger partial charge in [-0.25, -0.2) is 13.6 Å². The molecule has 1 heterocycles. The van der Waals surface area contributed by atoms with E-state index in [1.807, 2.05) is 42.7 Å². The Morgan fingerprint density at radius 3 is 2.64 bits per heavy atom. The van der Waals surface area contributed by atoms with E-state index >= 15 is 0 Å². The predicted molar refractivity (Wildman–Crippen MR) is 104 cm³/mol. The van der Waals surface area contributed by atoms with Crippen molar-refractivity contribution < 1.29 is 8.42 Å². The van der Waals surface area contributed by atoms with Crippen LogP contribution in [-0.2, 0) is 23.6 Å². The lowest BCUT2D eigenvalue weighted by Gasteiger charge is -2.22. The van der Waals surface area contributed by atoms with Gasteiger partial charge in [0.15, 0.2) is 5.96 Å². The molecule has 0 radical (unpaired) electrons. The fourth-order valence-electron chi connectivity index (χ4n) is 1.79. The van der Waals surface area contributed by atoms with Gasteiger partial charge >= 0.3 is 0 Å². The minimum absolute atomic E-state index is 0. The van der Waals surface area contributed by atoms with Crippen LogP contribution in [0.3, 0.4) is 0 Å². The molecule has 0 saturated carbocycles. The van der Waals surface area contributed by atoms with Crippen molar-refractivity contribution in [3.05, 3.63) is 22.4 Å². The Hall–Kier alpha value is -0.330. The molecule has 0 spiro atoms. The molecular weight excluding hydrogens is 485 g/mol. The Balaban J connectivity index is 0.00000441. The second-order valence-corrected chi connectivity index (χ2v) is 7.37. The minimum Gasteiger partial charge on any atom is -0.357 e. The Labute approximate surface area is 157 Å². The van der Waals surface area contributed by atoms with Crippen molar-refractivity contribution in [2.45, 2.75) is 13.5 Å². The molecule has 1 rings (SSSR count). The summed E-state index contributed by atoms with van der Waals surface area (Å²) in [5.41, 5.74) is 1.11. The number of nitrogens with two attached hydrogens (primary N) is 1. The van der Waals surface area contributed by atoms with Gasteiger partial charge in [-0.2, -0.15) is 0 Å². The number of primary sulfonamides is 1. The van der Waals surface area contributed by atoms with Crippen molar-refractivity contribution in [3.63, 3.8) is 0 Å². The van der Waals surface area contributed by atoms with Crippen LogP contribution in [0.5, 0.6) is 0 Å². The van der Waals surface area contributed by atoms with Crippen LogP contribution < -0.4 is 10.5 Å². The molecule has 0 aliphatic rings. The summed E-state index contributed by atoms with van der Waals surface area (Å²) in [5, 5.41) is 8.11. The largest absolute Gasteiger partial charge is 0.357 e. The van der Waals surface area contributed by atoms with E-state index in [4.69, 9.17) is 5.14 Å². The van der Waals surface area contributed by atoms with E-state index in [2.05, 4.69) is 26.2 Å². The van der Waals surface area contributed by atoms with Gasteiger partial charge < -0.3 is 14.8 Å². The zero-order chi connectivity index (χ0) is 16.0. The average Bonchev–Trinajstić information content (AvgIpc) is 2.65. The van der Waals surface area contributed by atoms with Gasteiger partial charge in [0.2, 0.25) is 10.0 Å². The standard InChI is InChI=1S/C12H22BrN5O2S.HI/c1-4-15-12(16-5-6-21(14,19)20)18(3)9-11-7-10(13)8-17(11)2;/h7-8H,4-6,9H2,1-3H3,(H,15,16)(H2,14,19,20);1H. The lowest BCUT2D eigenvalue weighted by molar-refractivity contribution is 0.462. The molecule has 0 atom stereocenters. The first kappa shape index (κ1) is 21.7. The van der Waals surface area contributed by atoms with Crippen molar-refractivity contribution in [1.29, 1.82) is 0 Å². The zero-order valence-electron chi connectivity index (χ0n) is 12.9. The van der Waals surface area contributed by atoms with Gasteiger partial charge in [-0.05, 0) is 28.9 Å². The number of nitrogens with one attached hydrogen (secondary N) is 1. The van der Waals surface area contributed by atoms with Crippen LogP contribution in [0.25, 0.3) is 0 Å². The number of aryl methyl sites for hydroxylation is 1. The molecule has 0 unspecified atom stereocenters. The molecule has 10 heteroatoms. The number of hydrogen-bond donors (Lipinski definition) is 2. The second-order valence-electron chi connectivity index (χ2n) is 4.72. The summed E-state index contributed by atoms with van der Waals surface area (Å²) in [4.78, 5) is 6.22. The number of rotatable bonds is 6. The van der Waals surface area contributed by atoms with E-state index in [0.717, 1.165) is 10.2 Å². The lowest BCUT2D eigenvalue weighted by atomic mass is 10.4. The van der Waals surface area contributed by atoms with Crippen molar-refractivity contribution in [2.24, 2.45) is 17.2 Å². The van der Waals surface area contributed by atoms with Crippen LogP contribution >= 0.6 is 39.9 Å². The van der Waals surface area contributed by atoms with Crippen molar-refractivity contribution in [1.82, 2.24) is 14.8 Å². The third-order valence-electron chi connectivity index (χ3n) is 2.81. The molecule has 0 aliphatic carbocycles. The number of guanidine groups is 1. The molecule has 7 nitrogen and oxygen atoms in total. The molecule has 22 heavy (non-hydrogen) atoms. The van der Waals surface area contributed by atoms with Crippen LogP contribution in [0.15, 0.2) is 21.7 Å². The highest BCUT2D eigenvalue weighted by Gasteiger charge is 2.10. The number of halogens is 2. The fraction of sp³-hybridized carbons (Fsp3) is 0.583. The van der Waals surface area contributed by atoms with Gasteiger partial charge in [0.25, 0.3) is 0 Å². The quantitative estimate of drug-likeness (QED) is 0.342. The van der Waals surface area contributed by atoms with E-state index in [0.29, 0.717) is 19.0 Å². The summed E-state index contributed by atoms with van der Waals surface area (Å²) in [6, 6.07) is 2.03. The van der Waals surface area contributed by atoms with Gasteiger partial charge in [0.1, 0.15) is 0 Å². The summed E-state index contributed by atoms with van der Waals surface area (Å²) in [5.74, 6) is 0.490. The number of sulfonamides is 1. The maximum atomic E-state index is 10.9. The van der Waals surface area contributed by atoms with Crippen LogP contribution in [0.4, 0.5) is 0 Å². The first-order valence-corrected chi connectivity index (χ1v) is 9.04. The maximum absolute atomic E-state index is 10.9. The smallest absolute Gasteiger partial charge is 0.210 e. The van der Waals surface area contributed by atoms with Crippen molar-refractivity contribution >= 4 is 55.9 Å². The summed E-state index contributed by atoms with van der Waals surface area (Å²) in [6.07, 6.45) is 1.98. The Morgan fingerprint density at radius 2 is 2.18 bits per heavy atom. The van der Waals surface area contributed by atoms with E-state index in [-0.39, 0.29) is 36.3 Å². The van der Waals surface area contributed by atoms with E-state index < -0.39 is 10.0 Å². The van der Waals surface area contributed by atoms with E-state index in [1.54, 1.807) is 0 Å². The molecule has 0 fully saturated rings. The molecule has 0 aliphatic heterocycles. The second kappa shape index (κ2) is 9.73. The summed E-state index contributed by atoms with van der Waals surface area (Å²) >= 11 is 3.44. The highest BCUT2D eigenvalue weighted by molar-refractivity contribution is 14.0. The van der Waals surface area contributed by atoms with Crippen LogP contribution in [0.2, 0.25) is 0 Å². The fourth-order valence-corrected chi connectivity index (χ4v) is 2.71. The van der Waals surface area contributed by atoms with Gasteiger partial charge in [-0.3, -0.25) is 4.99 Å². The van der Waals surface area contributed by atoms with Crippen LogP contribution in [0, 0.1) is 0 Å². The molecule has 0 saturated heterocycles. The van der Waals surface area contributed by atoms with Crippen molar-refractivity contribution in [3.8, 4) is 0 Å². The van der Waals surface area contributed by atoms with Gasteiger partial charge in [0, 0.05) is 37.0 Å². The first-order chi connectivity index (χ1) is 9.73. The SMILES string of the molecule is CCNC(=NCCS(N)(=O)=O)N(C)Cc1cc(Br)cn1C.I. The average molecular weight is 508 g/mol. The topological polar surface area (TPSA) is 92.7 Å². The summed E-state index contributed by atoms with van der Waals surface area (Å²) in [6.45, 7) is 3.46. The highest BCUT2D eigenvalue weighted by atomic mass is 127. The van der Waals surface area contributed by atoms with Gasteiger partial charge in [-0.15, -0.1) is 24.0 Å². The molecule has 0 bridgehead atoms. The summed E-state index contributed by atoms with van der Waals surface area (Å²) < 4.78 is 24.9. The Morgan fingerprint density at radius 1 is 1.55 bits per heavy atom. The maximum Gasteiger partial charge on any atom is 0.210 e. The highest BCUT2D eigenvalue weighted by Crippen LogP contribution is 2.14. The molecule has 3 N–H and O–H groups in total. The minimum atomic E-state index is -3.49. The Kier molecular flexibility index (Phi) is 9.58. The normalized spacial score (nSPS) is 12.0. The van der Waals surface area contributed by atoms with Gasteiger partial charge in [0.05, 0.1) is 18.8 Å². The van der Waals surface area contributed by atoms with Crippen LogP contribution in [-0.4, -0.2) is 49.7 Å². The lowest BCUT2D eigenvalue weighted by Crippen LogP contribution is -2.39. The molecule has 1 aromatic heterocycles. The van der Waals surface area contributed by atoms with E-state index in [9.17, 15) is 8.42 Å². The molecule has 1 aromatic rings. The summed E-state index contributed by atoms with van der Waals surface area (Å²) in [7, 11) is 0.387. The number of aliphatic imine (C=N–C) groups is 1. The van der Waals surface area contributed by atoms with Crippen molar-refractivity contribution in [2.75, 3.05) is 25.9 Å². The first-order valence-electron chi connectivity index (χ1n) is 6.53. The van der Waals surface area contributed by atoms with Gasteiger partial charge in [-0.1, -0.05) is 0 Å². The molecule has 0 amide bonds. The number of aromatic nitrogens is 1. The third-order valence-corrected chi connectivity index (χ3v) is 3.99. The molecule has 0 aromatic carbocycles. The van der Waals surface area contributed by atoms with Crippen LogP contribution in [0.1, 0.15) is 12.6 Å². The Bertz CT molecular complexity index is 603. The molecular formula is C12H23BrIN5O2S. The van der Waals surface area contributed by atoms with E-state index in [1.165, 1.54) is 0 Å². The number of hydrogen-bond acceptors (Lipinski definition) is 3. The predicted octanol–water partition coefficient (Wildman–Crippen LogP) is 1.09. The third kappa shape index (κ3) is 7.79. The molecule has 128 valence electrons.